The second kappa shape index (κ2) is 7.25. The van der Waals surface area contributed by atoms with Crippen LogP contribution < -0.4 is 10.6 Å². The Morgan fingerprint density at radius 3 is 2.52 bits per heavy atom. The van der Waals surface area contributed by atoms with Crippen molar-refractivity contribution in [1.82, 2.24) is 10.6 Å². The number of rotatable bonds is 7. The molecule has 0 aromatic heterocycles. The molecule has 2 N–H and O–H groups in total. The van der Waals surface area contributed by atoms with Crippen LogP contribution in [0.2, 0.25) is 0 Å². The summed E-state index contributed by atoms with van der Waals surface area (Å²) in [4.78, 5) is 23.9. The van der Waals surface area contributed by atoms with Crippen LogP contribution in [0.25, 0.3) is 0 Å². The van der Waals surface area contributed by atoms with E-state index in [-0.39, 0.29) is 29.7 Å². The molecule has 0 spiro atoms. The Labute approximate surface area is 126 Å². The van der Waals surface area contributed by atoms with Crippen molar-refractivity contribution in [2.75, 3.05) is 6.54 Å². The summed E-state index contributed by atoms with van der Waals surface area (Å²) in [7, 11) is 0. The van der Waals surface area contributed by atoms with Gasteiger partial charge in [0.25, 0.3) is 0 Å². The molecule has 3 unspecified atom stereocenters. The highest BCUT2D eigenvalue weighted by molar-refractivity contribution is 5.92. The molecular weight excluding hydrogens is 264 g/mol. The van der Waals surface area contributed by atoms with E-state index in [2.05, 4.69) is 10.6 Å². The first-order valence-electron chi connectivity index (χ1n) is 7.73. The maximum absolute atomic E-state index is 12.0. The summed E-state index contributed by atoms with van der Waals surface area (Å²) in [5, 5.41) is 5.87. The van der Waals surface area contributed by atoms with Gasteiger partial charge >= 0.3 is 0 Å². The van der Waals surface area contributed by atoms with Gasteiger partial charge in [-0.25, -0.2) is 0 Å². The Bertz CT molecular complexity index is 487. The molecule has 1 aliphatic carbocycles. The van der Waals surface area contributed by atoms with Crippen LogP contribution in [0.5, 0.6) is 0 Å². The van der Waals surface area contributed by atoms with Gasteiger partial charge in [-0.2, -0.15) is 0 Å². The number of benzene rings is 1. The molecule has 0 bridgehead atoms. The van der Waals surface area contributed by atoms with Gasteiger partial charge in [-0.15, -0.1) is 0 Å². The zero-order chi connectivity index (χ0) is 15.2. The van der Waals surface area contributed by atoms with Crippen molar-refractivity contribution in [2.45, 2.75) is 39.2 Å². The summed E-state index contributed by atoms with van der Waals surface area (Å²) >= 11 is 0. The minimum atomic E-state index is -0.134. The summed E-state index contributed by atoms with van der Waals surface area (Å²) in [6.45, 7) is 4.64. The maximum atomic E-state index is 12.0. The van der Waals surface area contributed by atoms with Crippen molar-refractivity contribution >= 4 is 11.8 Å². The van der Waals surface area contributed by atoms with Crippen LogP contribution >= 0.6 is 0 Å². The first kappa shape index (κ1) is 15.5. The Morgan fingerprint density at radius 2 is 1.86 bits per heavy atom. The molecule has 4 heteroatoms. The first-order chi connectivity index (χ1) is 10.1. The average Bonchev–Trinajstić information content (AvgIpc) is 3.28. The van der Waals surface area contributed by atoms with Crippen molar-refractivity contribution in [3.05, 3.63) is 35.9 Å². The van der Waals surface area contributed by atoms with Gasteiger partial charge in [0, 0.05) is 12.6 Å². The van der Waals surface area contributed by atoms with Crippen molar-refractivity contribution in [2.24, 2.45) is 11.8 Å². The third kappa shape index (κ3) is 4.59. The fraction of sp³-hybridized carbons (Fsp3) is 0.529. The van der Waals surface area contributed by atoms with Crippen LogP contribution in [0.4, 0.5) is 0 Å². The highest BCUT2D eigenvalue weighted by Gasteiger charge is 2.47. The quantitative estimate of drug-likeness (QED) is 0.805. The molecule has 1 saturated carbocycles. The molecule has 0 radical (unpaired) electrons. The van der Waals surface area contributed by atoms with Crippen LogP contribution in [-0.4, -0.2) is 24.4 Å². The molecule has 2 rings (SSSR count). The monoisotopic (exact) mass is 288 g/mol. The second-order valence-electron chi connectivity index (χ2n) is 5.79. The van der Waals surface area contributed by atoms with E-state index < -0.39 is 0 Å². The summed E-state index contributed by atoms with van der Waals surface area (Å²) in [6.07, 6.45) is 2.41. The SMILES string of the molecule is CCC(C)NC(=O)C1CC1C(=O)NCCc1ccccc1. The molecule has 21 heavy (non-hydrogen) atoms. The second-order valence-corrected chi connectivity index (χ2v) is 5.79. The van der Waals surface area contributed by atoms with Gasteiger partial charge in [0.1, 0.15) is 0 Å². The summed E-state index contributed by atoms with van der Waals surface area (Å²) in [5.41, 5.74) is 1.21. The van der Waals surface area contributed by atoms with Gasteiger partial charge in [-0.05, 0) is 31.7 Å². The molecule has 4 nitrogen and oxygen atoms in total. The van der Waals surface area contributed by atoms with Gasteiger partial charge in [0.05, 0.1) is 11.8 Å². The molecule has 3 atom stereocenters. The maximum Gasteiger partial charge on any atom is 0.224 e. The molecule has 1 fully saturated rings. The van der Waals surface area contributed by atoms with Crippen molar-refractivity contribution in [3.8, 4) is 0 Å². The molecule has 114 valence electrons. The predicted octanol–water partition coefficient (Wildman–Crippen LogP) is 1.90. The molecule has 1 aliphatic rings. The Hall–Kier alpha value is -1.84. The van der Waals surface area contributed by atoms with E-state index in [4.69, 9.17) is 0 Å². The number of hydrogen-bond donors (Lipinski definition) is 2. The van der Waals surface area contributed by atoms with Crippen molar-refractivity contribution in [3.63, 3.8) is 0 Å². The third-order valence-electron chi connectivity index (χ3n) is 4.02. The van der Waals surface area contributed by atoms with E-state index in [1.165, 1.54) is 5.56 Å². The first-order valence-corrected chi connectivity index (χ1v) is 7.73. The summed E-state index contributed by atoms with van der Waals surface area (Å²) < 4.78 is 0. The Kier molecular flexibility index (Phi) is 5.37. The van der Waals surface area contributed by atoms with Crippen LogP contribution in [-0.2, 0) is 16.0 Å². The fourth-order valence-electron chi connectivity index (χ4n) is 2.33. The predicted molar refractivity (Wildman–Crippen MR) is 82.6 cm³/mol. The van der Waals surface area contributed by atoms with Gasteiger partial charge < -0.3 is 10.6 Å². The lowest BCUT2D eigenvalue weighted by atomic mass is 10.1. The van der Waals surface area contributed by atoms with Crippen molar-refractivity contribution < 1.29 is 9.59 Å². The highest BCUT2D eigenvalue weighted by atomic mass is 16.2. The molecular formula is C17H24N2O2. The van der Waals surface area contributed by atoms with E-state index in [9.17, 15) is 9.59 Å². The van der Waals surface area contributed by atoms with E-state index >= 15 is 0 Å². The highest BCUT2D eigenvalue weighted by Crippen LogP contribution is 2.38. The van der Waals surface area contributed by atoms with E-state index in [0.29, 0.717) is 13.0 Å². The zero-order valence-electron chi connectivity index (χ0n) is 12.8. The summed E-state index contributed by atoms with van der Waals surface area (Å²) in [5.74, 6) is -0.233. The van der Waals surface area contributed by atoms with Crippen LogP contribution in [0.15, 0.2) is 30.3 Å². The Morgan fingerprint density at radius 1 is 1.19 bits per heavy atom. The lowest BCUT2D eigenvalue weighted by Gasteiger charge is -2.11. The lowest BCUT2D eigenvalue weighted by molar-refractivity contribution is -0.127. The number of amides is 2. The molecule has 1 aromatic carbocycles. The number of hydrogen-bond acceptors (Lipinski definition) is 2. The van der Waals surface area contributed by atoms with Gasteiger partial charge in [-0.3, -0.25) is 9.59 Å². The Balaban J connectivity index is 1.67. The van der Waals surface area contributed by atoms with Crippen LogP contribution in [0, 0.1) is 11.8 Å². The van der Waals surface area contributed by atoms with Gasteiger partial charge in [-0.1, -0.05) is 37.3 Å². The molecule has 0 saturated heterocycles. The number of nitrogens with one attached hydrogen (secondary N) is 2. The van der Waals surface area contributed by atoms with E-state index in [0.717, 1.165) is 12.8 Å². The number of carbonyl (C=O) groups is 2. The average molecular weight is 288 g/mol. The summed E-state index contributed by atoms with van der Waals surface area (Å²) in [6, 6.07) is 10.2. The third-order valence-corrected chi connectivity index (χ3v) is 4.02. The smallest absolute Gasteiger partial charge is 0.224 e. The molecule has 1 aromatic rings. The fourth-order valence-corrected chi connectivity index (χ4v) is 2.33. The van der Waals surface area contributed by atoms with Gasteiger partial charge in [0.2, 0.25) is 11.8 Å². The largest absolute Gasteiger partial charge is 0.356 e. The van der Waals surface area contributed by atoms with E-state index in [1.807, 2.05) is 44.2 Å². The standard InChI is InChI=1S/C17H24N2O2/c1-3-12(2)19-17(21)15-11-14(15)16(20)18-10-9-13-7-5-4-6-8-13/h4-8,12,14-15H,3,9-11H2,1-2H3,(H,18,20)(H,19,21). The zero-order valence-corrected chi connectivity index (χ0v) is 12.8. The normalized spacial score (nSPS) is 21.4. The topological polar surface area (TPSA) is 58.2 Å². The van der Waals surface area contributed by atoms with Gasteiger partial charge in [0.15, 0.2) is 0 Å². The van der Waals surface area contributed by atoms with Crippen molar-refractivity contribution in [1.29, 1.82) is 0 Å². The minimum absolute atomic E-state index is 0.00947. The lowest BCUT2D eigenvalue weighted by Crippen LogP contribution is -2.35. The minimum Gasteiger partial charge on any atom is -0.356 e. The van der Waals surface area contributed by atoms with Crippen LogP contribution in [0.1, 0.15) is 32.3 Å². The molecule has 2 amide bonds. The molecule has 0 heterocycles. The van der Waals surface area contributed by atoms with Crippen LogP contribution in [0.3, 0.4) is 0 Å². The van der Waals surface area contributed by atoms with E-state index in [1.54, 1.807) is 0 Å². The molecule has 0 aliphatic heterocycles. The number of carbonyl (C=O) groups excluding carboxylic acids is 2.